The summed E-state index contributed by atoms with van der Waals surface area (Å²) in [5.41, 5.74) is 2.32. The highest BCUT2D eigenvalue weighted by Crippen LogP contribution is 2.31. The van der Waals surface area contributed by atoms with Crippen molar-refractivity contribution < 1.29 is 8.78 Å². The average Bonchev–Trinajstić information content (AvgIpc) is 2.41. The lowest BCUT2D eigenvalue weighted by Crippen LogP contribution is -2.24. The van der Waals surface area contributed by atoms with E-state index in [-0.39, 0.29) is 6.04 Å². The molecule has 2 rings (SSSR count). The fraction of sp³-hybridized carbons (Fsp3) is 0.556. The summed E-state index contributed by atoms with van der Waals surface area (Å²) >= 11 is 0. The third-order valence-corrected chi connectivity index (χ3v) is 4.19. The number of allylic oxidation sites excluding steroid dienone is 1. The predicted octanol–water partition coefficient (Wildman–Crippen LogP) is 5.20. The van der Waals surface area contributed by atoms with Gasteiger partial charge in [0.1, 0.15) is 11.6 Å². The van der Waals surface area contributed by atoms with Gasteiger partial charge in [-0.1, -0.05) is 31.4 Å². The second kappa shape index (κ2) is 7.69. The van der Waals surface area contributed by atoms with E-state index in [9.17, 15) is 8.78 Å². The summed E-state index contributed by atoms with van der Waals surface area (Å²) in [5, 5.41) is 3.37. The van der Waals surface area contributed by atoms with Crippen LogP contribution in [0.15, 0.2) is 23.8 Å². The van der Waals surface area contributed by atoms with Gasteiger partial charge in [-0.3, -0.25) is 0 Å². The van der Waals surface area contributed by atoms with Crippen LogP contribution in [-0.4, -0.2) is 6.54 Å². The Morgan fingerprint density at radius 1 is 1.10 bits per heavy atom. The lowest BCUT2D eigenvalue weighted by molar-refractivity contribution is 0.514. The Morgan fingerprint density at radius 3 is 2.62 bits per heavy atom. The minimum absolute atomic E-state index is 0.132. The third-order valence-electron chi connectivity index (χ3n) is 4.19. The van der Waals surface area contributed by atoms with E-state index >= 15 is 0 Å². The van der Waals surface area contributed by atoms with Crippen LogP contribution >= 0.6 is 0 Å². The van der Waals surface area contributed by atoms with Crippen LogP contribution in [0, 0.1) is 18.6 Å². The number of aryl methyl sites for hydroxylation is 1. The van der Waals surface area contributed by atoms with E-state index in [0.29, 0.717) is 11.1 Å². The van der Waals surface area contributed by atoms with Crippen molar-refractivity contribution >= 4 is 0 Å². The van der Waals surface area contributed by atoms with Crippen molar-refractivity contribution in [3.05, 3.63) is 46.5 Å². The molecule has 1 aliphatic rings. The Hall–Kier alpha value is -1.22. The molecule has 21 heavy (non-hydrogen) atoms. The first kappa shape index (κ1) is 16.2. The number of hydrogen-bond donors (Lipinski definition) is 1. The Kier molecular flexibility index (Phi) is 5.92. The Balaban J connectivity index is 2.35. The number of benzene rings is 1. The maximum absolute atomic E-state index is 14.2. The smallest absolute Gasteiger partial charge is 0.131 e. The minimum atomic E-state index is -0.474. The van der Waals surface area contributed by atoms with Crippen molar-refractivity contribution in [1.82, 2.24) is 5.32 Å². The first-order valence-corrected chi connectivity index (χ1v) is 8.01. The van der Waals surface area contributed by atoms with Crippen LogP contribution < -0.4 is 5.32 Å². The molecule has 1 aromatic carbocycles. The largest absolute Gasteiger partial charge is 0.307 e. The molecule has 0 fully saturated rings. The number of likely N-dealkylation sites (N-methyl/N-ethyl adjacent to an activating group) is 1. The van der Waals surface area contributed by atoms with Crippen molar-refractivity contribution in [3.8, 4) is 0 Å². The van der Waals surface area contributed by atoms with Gasteiger partial charge < -0.3 is 5.32 Å². The van der Waals surface area contributed by atoms with E-state index in [1.807, 2.05) is 6.92 Å². The molecule has 1 unspecified atom stereocenters. The van der Waals surface area contributed by atoms with Gasteiger partial charge in [0.05, 0.1) is 6.04 Å². The second-order valence-corrected chi connectivity index (χ2v) is 5.85. The summed E-state index contributed by atoms with van der Waals surface area (Å²) in [5.74, 6) is -0.926. The van der Waals surface area contributed by atoms with E-state index in [1.165, 1.54) is 24.8 Å². The maximum atomic E-state index is 14.2. The summed E-state index contributed by atoms with van der Waals surface area (Å²) in [4.78, 5) is 0. The van der Waals surface area contributed by atoms with Crippen LogP contribution in [0.4, 0.5) is 8.78 Å². The number of hydrogen-bond acceptors (Lipinski definition) is 1. The number of halogens is 2. The van der Waals surface area contributed by atoms with Crippen molar-refractivity contribution in [2.24, 2.45) is 0 Å². The van der Waals surface area contributed by atoms with Crippen LogP contribution in [0.5, 0.6) is 0 Å². The lowest BCUT2D eigenvalue weighted by Gasteiger charge is -2.24. The first-order chi connectivity index (χ1) is 10.1. The Bertz CT molecular complexity index is 508. The Morgan fingerprint density at radius 2 is 1.86 bits per heavy atom. The summed E-state index contributed by atoms with van der Waals surface area (Å²) in [6.07, 6.45) is 9.17. The minimum Gasteiger partial charge on any atom is -0.307 e. The molecule has 0 radical (unpaired) electrons. The van der Waals surface area contributed by atoms with Gasteiger partial charge >= 0.3 is 0 Å². The van der Waals surface area contributed by atoms with Gasteiger partial charge in [0.25, 0.3) is 0 Å². The molecule has 0 amide bonds. The van der Waals surface area contributed by atoms with E-state index in [4.69, 9.17) is 0 Å². The maximum Gasteiger partial charge on any atom is 0.131 e. The van der Waals surface area contributed by atoms with Gasteiger partial charge in [0.15, 0.2) is 0 Å². The zero-order chi connectivity index (χ0) is 15.2. The molecule has 0 saturated carbocycles. The molecule has 116 valence electrons. The van der Waals surface area contributed by atoms with Crippen LogP contribution in [0.2, 0.25) is 0 Å². The van der Waals surface area contributed by atoms with E-state index < -0.39 is 11.6 Å². The monoisotopic (exact) mass is 293 g/mol. The Labute approximate surface area is 126 Å². The molecule has 0 spiro atoms. The summed E-state index contributed by atoms with van der Waals surface area (Å²) in [6.45, 7) is 4.47. The molecule has 1 atom stereocenters. The van der Waals surface area contributed by atoms with Gasteiger partial charge in [0, 0.05) is 11.6 Å². The SMILES string of the molecule is CCNC(/C1=C/CCCCCC1)c1cc(C)c(F)cc1F. The molecule has 1 aliphatic carbocycles. The fourth-order valence-electron chi connectivity index (χ4n) is 3.02. The summed E-state index contributed by atoms with van der Waals surface area (Å²) in [7, 11) is 0. The zero-order valence-electron chi connectivity index (χ0n) is 13.0. The van der Waals surface area contributed by atoms with Gasteiger partial charge in [-0.2, -0.15) is 0 Å². The van der Waals surface area contributed by atoms with Gasteiger partial charge in [-0.05, 0) is 50.8 Å². The highest BCUT2D eigenvalue weighted by molar-refractivity contribution is 5.34. The average molecular weight is 293 g/mol. The van der Waals surface area contributed by atoms with Crippen LogP contribution in [0.3, 0.4) is 0 Å². The molecule has 0 bridgehead atoms. The predicted molar refractivity (Wildman–Crippen MR) is 83.3 cm³/mol. The van der Waals surface area contributed by atoms with Gasteiger partial charge in [-0.25, -0.2) is 8.78 Å². The van der Waals surface area contributed by atoms with Crippen molar-refractivity contribution in [3.63, 3.8) is 0 Å². The number of rotatable bonds is 4. The molecule has 3 heteroatoms. The van der Waals surface area contributed by atoms with Crippen molar-refractivity contribution in [2.75, 3.05) is 6.54 Å². The standard InChI is InChI=1S/C18H25F2N/c1-3-21-18(14-9-7-5-4-6-8-10-14)15-11-13(2)16(19)12-17(15)20/h9,11-12,18,21H,3-8,10H2,1-2H3/b14-9+. The quantitative estimate of drug-likeness (QED) is 0.752. The zero-order valence-corrected chi connectivity index (χ0v) is 13.0. The topological polar surface area (TPSA) is 12.0 Å². The normalized spacial score (nSPS) is 20.3. The van der Waals surface area contributed by atoms with Crippen LogP contribution in [0.25, 0.3) is 0 Å². The van der Waals surface area contributed by atoms with Crippen molar-refractivity contribution in [2.45, 2.75) is 58.4 Å². The highest BCUT2D eigenvalue weighted by atomic mass is 19.1. The molecule has 1 nitrogen and oxygen atoms in total. The van der Waals surface area contributed by atoms with E-state index in [1.54, 1.807) is 13.0 Å². The van der Waals surface area contributed by atoms with Crippen molar-refractivity contribution in [1.29, 1.82) is 0 Å². The molecule has 1 N–H and O–H groups in total. The molecule has 0 aliphatic heterocycles. The lowest BCUT2D eigenvalue weighted by atomic mass is 9.90. The van der Waals surface area contributed by atoms with E-state index in [2.05, 4.69) is 11.4 Å². The van der Waals surface area contributed by atoms with E-state index in [0.717, 1.165) is 31.9 Å². The van der Waals surface area contributed by atoms with Gasteiger partial charge in [0.2, 0.25) is 0 Å². The summed E-state index contributed by atoms with van der Waals surface area (Å²) < 4.78 is 27.7. The third kappa shape index (κ3) is 4.13. The van der Waals surface area contributed by atoms with Gasteiger partial charge in [-0.15, -0.1) is 0 Å². The molecular weight excluding hydrogens is 268 g/mol. The molecule has 1 aromatic rings. The highest BCUT2D eigenvalue weighted by Gasteiger charge is 2.21. The van der Waals surface area contributed by atoms with Crippen LogP contribution in [0.1, 0.15) is 62.6 Å². The van der Waals surface area contributed by atoms with Crippen LogP contribution in [-0.2, 0) is 0 Å². The molecule has 0 heterocycles. The first-order valence-electron chi connectivity index (χ1n) is 8.01. The number of nitrogens with one attached hydrogen (secondary N) is 1. The molecular formula is C18H25F2N. The fourth-order valence-corrected chi connectivity index (χ4v) is 3.02. The molecule has 0 saturated heterocycles. The molecule has 0 aromatic heterocycles. The summed E-state index contributed by atoms with van der Waals surface area (Å²) in [6, 6.07) is 2.53. The second-order valence-electron chi connectivity index (χ2n) is 5.85.